The van der Waals surface area contributed by atoms with E-state index in [1.165, 1.54) is 19.8 Å². The Morgan fingerprint density at radius 2 is 1.52 bits per heavy atom. The first-order valence-electron chi connectivity index (χ1n) is 7.07. The molecule has 4 atom stereocenters. The first kappa shape index (κ1) is 27.2. The summed E-state index contributed by atoms with van der Waals surface area (Å²) in [5.74, 6) is -2.63. The Kier molecular flexibility index (Phi) is 15.0. The van der Waals surface area contributed by atoms with Crippen LogP contribution < -0.4 is 11.5 Å². The third kappa shape index (κ3) is 8.67. The maximum absolute atomic E-state index is 11.1. The van der Waals surface area contributed by atoms with Crippen molar-refractivity contribution < 1.29 is 51.1 Å². The van der Waals surface area contributed by atoms with Gasteiger partial charge in [-0.25, -0.2) is 0 Å². The molecule has 0 aromatic carbocycles. The Bertz CT molecular complexity index is 365. The normalized spacial score (nSPS) is 29.4. The number of esters is 1. The van der Waals surface area contributed by atoms with Crippen molar-refractivity contribution >= 4 is 17.5 Å². The maximum Gasteiger partial charge on any atom is 0.324 e. The predicted octanol–water partition coefficient (Wildman–Crippen LogP) is -1.34. The van der Waals surface area contributed by atoms with Crippen LogP contribution in [0.5, 0.6) is 0 Å². The van der Waals surface area contributed by atoms with Crippen molar-refractivity contribution in [1.82, 2.24) is 0 Å². The van der Waals surface area contributed by atoms with E-state index >= 15 is 0 Å². The summed E-state index contributed by atoms with van der Waals surface area (Å²) in [6.07, 6.45) is 4.56. The molecular formula is C14H28N2O6Pt. The molecule has 2 aliphatic rings. The van der Waals surface area contributed by atoms with Crippen LogP contribution in [0, 0.1) is 5.92 Å². The molecule has 0 spiro atoms. The Morgan fingerprint density at radius 3 is 1.83 bits per heavy atom. The molecule has 0 aromatic rings. The minimum Gasteiger partial charge on any atom is -0.461 e. The molecule has 8 N–H and O–H groups in total. The monoisotopic (exact) mass is 515 g/mol. The number of hydrogen-bond acceptors (Lipinski definition) is 6. The average Bonchev–Trinajstić information content (AvgIpc) is 2.32. The van der Waals surface area contributed by atoms with Gasteiger partial charge in [0, 0.05) is 39.6 Å². The molecule has 0 aromatic heterocycles. The van der Waals surface area contributed by atoms with Gasteiger partial charge in [0.15, 0.2) is 17.5 Å². The van der Waals surface area contributed by atoms with Crippen LogP contribution in [0.4, 0.5) is 0 Å². The molecule has 2 rings (SSSR count). The molecule has 1 heterocycles. The summed E-state index contributed by atoms with van der Waals surface area (Å²) < 4.78 is 4.75. The van der Waals surface area contributed by atoms with E-state index in [1.54, 1.807) is 6.92 Å². The van der Waals surface area contributed by atoms with Gasteiger partial charge in [-0.15, -0.1) is 0 Å². The minimum absolute atomic E-state index is 0. The first-order chi connectivity index (χ1) is 9.32. The zero-order chi connectivity index (χ0) is 15.3. The summed E-state index contributed by atoms with van der Waals surface area (Å²) in [5, 5.41) is 0. The van der Waals surface area contributed by atoms with Crippen LogP contribution in [-0.2, 0) is 40.2 Å². The standard InChI is InChI=1S/C8H10O4.C6H14N2.2H2O.Pt/c1-4-3-6(10)7(5(2)9)8(11)12-4;7-5-3-1-2-4-6(5)8;;;/h4,7H,3H2,1-2H3;5-6H,1-4,7-8H2;2*1H2;/t;5-,6-;;;/m.1.../s1. The second kappa shape index (κ2) is 12.7. The molecule has 1 saturated carbocycles. The number of ketones is 2. The summed E-state index contributed by atoms with van der Waals surface area (Å²) in [6, 6.07) is 0.562. The van der Waals surface area contributed by atoms with Crippen molar-refractivity contribution in [3.05, 3.63) is 0 Å². The third-order valence-corrected chi connectivity index (χ3v) is 3.65. The van der Waals surface area contributed by atoms with Crippen molar-refractivity contribution in [2.45, 2.75) is 64.1 Å². The number of rotatable bonds is 1. The summed E-state index contributed by atoms with van der Waals surface area (Å²) >= 11 is 0. The number of cyclic esters (lactones) is 1. The Hall–Kier alpha value is -0.662. The summed E-state index contributed by atoms with van der Waals surface area (Å²) in [7, 11) is 0. The fraction of sp³-hybridized carbons (Fsp3) is 0.786. The molecule has 9 heteroatoms. The molecule has 23 heavy (non-hydrogen) atoms. The van der Waals surface area contributed by atoms with Gasteiger partial charge in [0.1, 0.15) is 6.10 Å². The molecular weight excluding hydrogens is 487 g/mol. The predicted molar refractivity (Wildman–Crippen MR) is 81.0 cm³/mol. The van der Waals surface area contributed by atoms with Gasteiger partial charge >= 0.3 is 5.97 Å². The van der Waals surface area contributed by atoms with E-state index in [9.17, 15) is 14.4 Å². The smallest absolute Gasteiger partial charge is 0.324 e. The van der Waals surface area contributed by atoms with Crippen LogP contribution in [0.1, 0.15) is 46.0 Å². The molecule has 1 aliphatic heterocycles. The van der Waals surface area contributed by atoms with E-state index in [0.717, 1.165) is 12.8 Å². The zero-order valence-electron chi connectivity index (χ0n) is 13.4. The number of hydrogen-bond donors (Lipinski definition) is 2. The van der Waals surface area contributed by atoms with Crippen molar-refractivity contribution in [2.75, 3.05) is 0 Å². The van der Waals surface area contributed by atoms with Crippen molar-refractivity contribution in [1.29, 1.82) is 0 Å². The van der Waals surface area contributed by atoms with Gasteiger partial charge < -0.3 is 27.2 Å². The first-order valence-corrected chi connectivity index (χ1v) is 7.07. The van der Waals surface area contributed by atoms with Crippen LogP contribution in [0.2, 0.25) is 0 Å². The number of carbonyl (C=O) groups excluding carboxylic acids is 3. The number of Topliss-reactive ketones (excluding diaryl/α,β-unsaturated/α-hetero) is 2. The SMILES string of the molecule is CC(=O)C1C(=O)CC(C)OC1=O.N[C@@H]1CCCC[C@H]1N.O.O.[Pt]. The number of nitrogens with two attached hydrogens (primary N) is 2. The minimum atomic E-state index is -1.17. The van der Waals surface area contributed by atoms with Gasteiger partial charge in [0.2, 0.25) is 0 Å². The Labute approximate surface area is 150 Å². The summed E-state index contributed by atoms with van der Waals surface area (Å²) in [6.45, 7) is 2.85. The second-order valence-corrected chi connectivity index (χ2v) is 5.57. The second-order valence-electron chi connectivity index (χ2n) is 5.57. The van der Waals surface area contributed by atoms with Crippen LogP contribution in [-0.4, -0.2) is 46.7 Å². The molecule has 1 saturated heterocycles. The molecule has 2 fully saturated rings. The fourth-order valence-corrected chi connectivity index (χ4v) is 2.42. The molecule has 0 amide bonds. The van der Waals surface area contributed by atoms with Crippen LogP contribution >= 0.6 is 0 Å². The summed E-state index contributed by atoms with van der Waals surface area (Å²) in [4.78, 5) is 32.9. The van der Waals surface area contributed by atoms with E-state index in [4.69, 9.17) is 16.2 Å². The van der Waals surface area contributed by atoms with Crippen LogP contribution in [0.25, 0.3) is 0 Å². The van der Waals surface area contributed by atoms with E-state index in [0.29, 0.717) is 0 Å². The fourth-order valence-electron chi connectivity index (χ4n) is 2.42. The Morgan fingerprint density at radius 1 is 1.09 bits per heavy atom. The molecule has 8 nitrogen and oxygen atoms in total. The van der Waals surface area contributed by atoms with E-state index in [1.807, 2.05) is 0 Å². The molecule has 0 bridgehead atoms. The van der Waals surface area contributed by atoms with Gasteiger partial charge in [0.25, 0.3) is 0 Å². The van der Waals surface area contributed by atoms with Crippen molar-refractivity contribution in [3.8, 4) is 0 Å². The Balaban J connectivity index is -0.000000325. The van der Waals surface area contributed by atoms with Crippen molar-refractivity contribution in [2.24, 2.45) is 17.4 Å². The third-order valence-electron chi connectivity index (χ3n) is 3.65. The van der Waals surface area contributed by atoms with Crippen LogP contribution in [0.3, 0.4) is 0 Å². The molecule has 1 aliphatic carbocycles. The quantitative estimate of drug-likeness (QED) is 0.323. The van der Waals surface area contributed by atoms with E-state index < -0.39 is 17.7 Å². The van der Waals surface area contributed by atoms with E-state index in [2.05, 4.69) is 0 Å². The molecule has 140 valence electrons. The van der Waals surface area contributed by atoms with Gasteiger partial charge in [-0.1, -0.05) is 12.8 Å². The number of carbonyl (C=O) groups is 3. The van der Waals surface area contributed by atoms with Gasteiger partial charge in [0.05, 0.1) is 0 Å². The van der Waals surface area contributed by atoms with Crippen LogP contribution in [0.15, 0.2) is 0 Å². The molecule has 2 unspecified atom stereocenters. The average molecular weight is 515 g/mol. The van der Waals surface area contributed by atoms with E-state index in [-0.39, 0.29) is 62.4 Å². The van der Waals surface area contributed by atoms with Gasteiger partial charge in [-0.2, -0.15) is 0 Å². The molecule has 0 radical (unpaired) electrons. The topological polar surface area (TPSA) is 175 Å². The van der Waals surface area contributed by atoms with Gasteiger partial charge in [-0.3, -0.25) is 14.4 Å². The maximum atomic E-state index is 11.1. The van der Waals surface area contributed by atoms with Gasteiger partial charge in [-0.05, 0) is 26.7 Å². The summed E-state index contributed by atoms with van der Waals surface area (Å²) in [5.41, 5.74) is 11.3. The zero-order valence-corrected chi connectivity index (χ0v) is 15.7. The number of ether oxygens (including phenoxy) is 1. The largest absolute Gasteiger partial charge is 0.461 e. The van der Waals surface area contributed by atoms with Crippen molar-refractivity contribution in [3.63, 3.8) is 0 Å².